The van der Waals surface area contributed by atoms with E-state index < -0.39 is 18.1 Å². The van der Waals surface area contributed by atoms with Crippen LogP contribution in [0.3, 0.4) is 0 Å². The van der Waals surface area contributed by atoms with Gasteiger partial charge in [0.25, 0.3) is 0 Å². The number of carbonyl (C=O) groups excluding carboxylic acids is 3. The van der Waals surface area contributed by atoms with Gasteiger partial charge in [-0.1, -0.05) is 71.4 Å². The monoisotopic (exact) mass is 559 g/mol. The van der Waals surface area contributed by atoms with Crippen LogP contribution in [-0.2, 0) is 30.3 Å². The Morgan fingerprint density at radius 2 is 1.73 bits per heavy atom. The van der Waals surface area contributed by atoms with E-state index in [1.807, 2.05) is 63.1 Å². The van der Waals surface area contributed by atoms with Gasteiger partial charge in [0, 0.05) is 40.8 Å². The van der Waals surface area contributed by atoms with E-state index in [1.54, 1.807) is 19.1 Å². The largest absolute Gasteiger partial charge is 0.379 e. The maximum absolute atomic E-state index is 13.7. The molecule has 1 saturated heterocycles. The Hall–Kier alpha value is -2.45. The number of ether oxygens (including phenoxy) is 2. The Kier molecular flexibility index (Phi) is 14.1. The zero-order valence-corrected chi connectivity index (χ0v) is 26.0. The van der Waals surface area contributed by atoms with Gasteiger partial charge in [-0.25, -0.2) is 0 Å². The third-order valence-electron chi connectivity index (χ3n) is 8.44. The van der Waals surface area contributed by atoms with Crippen LogP contribution in [0.5, 0.6) is 0 Å². The van der Waals surface area contributed by atoms with Crippen LogP contribution < -0.4 is 5.32 Å². The van der Waals surface area contributed by atoms with Crippen LogP contribution >= 0.6 is 0 Å². The molecule has 40 heavy (non-hydrogen) atoms. The topological polar surface area (TPSA) is 88.2 Å². The van der Waals surface area contributed by atoms with E-state index in [0.29, 0.717) is 19.5 Å². The molecule has 0 aliphatic carbocycles. The predicted octanol–water partition coefficient (Wildman–Crippen LogP) is 4.31. The summed E-state index contributed by atoms with van der Waals surface area (Å²) < 4.78 is 11.8. The molecule has 0 saturated carbocycles. The summed E-state index contributed by atoms with van der Waals surface area (Å²) in [6.45, 7) is 11.3. The van der Waals surface area contributed by atoms with Crippen molar-refractivity contribution in [1.82, 2.24) is 15.1 Å². The van der Waals surface area contributed by atoms with Gasteiger partial charge in [0.2, 0.25) is 17.7 Å². The first-order valence-corrected chi connectivity index (χ1v) is 15.0. The molecule has 1 N–H and O–H groups in total. The van der Waals surface area contributed by atoms with Gasteiger partial charge in [0.15, 0.2) is 0 Å². The SMILES string of the molecule is CC[C@H](C)[C@@H]([C@@H](CC(=O)N1CCC[C@H]1[C@H](OC)[C@@H](C)C(=O)NCCc1ccccc1)OC)N(C)C(=O)CC(C)C. The molecule has 8 heteroatoms. The lowest BCUT2D eigenvalue weighted by molar-refractivity contribution is -0.146. The lowest BCUT2D eigenvalue weighted by atomic mass is 9.90. The standard InChI is InChI=1S/C32H53N3O5/c1-9-23(4)30(34(6)28(36)20-22(2)3)27(39-7)21-29(37)35-19-13-16-26(35)31(40-8)24(5)32(38)33-18-17-25-14-11-10-12-15-25/h10-12,14-15,22-24,26-27,30-31H,9,13,16-21H2,1-8H3,(H,33,38)/t23-,24+,26-,27+,30-,31+/m0/s1. The lowest BCUT2D eigenvalue weighted by Crippen LogP contribution is -2.53. The van der Waals surface area contributed by atoms with Crippen molar-refractivity contribution in [2.24, 2.45) is 17.8 Å². The van der Waals surface area contributed by atoms with E-state index >= 15 is 0 Å². The van der Waals surface area contributed by atoms with Crippen molar-refractivity contribution < 1.29 is 23.9 Å². The second-order valence-electron chi connectivity index (χ2n) is 11.8. The van der Waals surface area contributed by atoms with Crippen LogP contribution in [0, 0.1) is 17.8 Å². The number of carbonyl (C=O) groups is 3. The van der Waals surface area contributed by atoms with Crippen LogP contribution in [0.4, 0.5) is 0 Å². The number of hydrogen-bond acceptors (Lipinski definition) is 5. The van der Waals surface area contributed by atoms with Gasteiger partial charge in [-0.3, -0.25) is 14.4 Å². The minimum absolute atomic E-state index is 0.0221. The maximum atomic E-state index is 13.7. The summed E-state index contributed by atoms with van der Waals surface area (Å²) in [5, 5.41) is 3.04. The fourth-order valence-electron chi connectivity index (χ4n) is 5.95. The molecular formula is C32H53N3O5. The number of rotatable bonds is 16. The van der Waals surface area contributed by atoms with E-state index in [4.69, 9.17) is 9.47 Å². The molecule has 1 aliphatic heterocycles. The lowest BCUT2D eigenvalue weighted by Gasteiger charge is -2.39. The maximum Gasteiger partial charge on any atom is 0.225 e. The van der Waals surface area contributed by atoms with E-state index in [-0.39, 0.29) is 48.1 Å². The van der Waals surface area contributed by atoms with Gasteiger partial charge in [0.05, 0.1) is 36.6 Å². The number of likely N-dealkylation sites (tertiary alicyclic amines) is 1. The normalized spacial score (nSPS) is 19.1. The van der Waals surface area contributed by atoms with Gasteiger partial charge in [-0.15, -0.1) is 0 Å². The smallest absolute Gasteiger partial charge is 0.225 e. The molecule has 2 rings (SSSR count). The van der Waals surface area contributed by atoms with Gasteiger partial charge in [-0.05, 0) is 36.7 Å². The number of amides is 3. The number of likely N-dealkylation sites (N-methyl/N-ethyl adjacent to an activating group) is 1. The second-order valence-corrected chi connectivity index (χ2v) is 11.8. The summed E-state index contributed by atoms with van der Waals surface area (Å²) in [4.78, 5) is 43.4. The summed E-state index contributed by atoms with van der Waals surface area (Å²) in [6.07, 6.45) is 3.07. The van der Waals surface area contributed by atoms with E-state index in [1.165, 1.54) is 5.56 Å². The first-order chi connectivity index (χ1) is 19.0. The molecule has 0 radical (unpaired) electrons. The zero-order chi connectivity index (χ0) is 29.8. The highest BCUT2D eigenvalue weighted by Crippen LogP contribution is 2.29. The van der Waals surface area contributed by atoms with E-state index in [9.17, 15) is 14.4 Å². The highest BCUT2D eigenvalue weighted by molar-refractivity contribution is 5.80. The minimum Gasteiger partial charge on any atom is -0.379 e. The van der Waals surface area contributed by atoms with Crippen molar-refractivity contribution >= 4 is 17.7 Å². The first kappa shape index (κ1) is 33.8. The van der Waals surface area contributed by atoms with Gasteiger partial charge in [-0.2, -0.15) is 0 Å². The molecule has 1 aromatic carbocycles. The number of hydrogen-bond donors (Lipinski definition) is 1. The Labute approximate surface area is 242 Å². The van der Waals surface area contributed by atoms with E-state index in [2.05, 4.69) is 19.2 Å². The average molecular weight is 560 g/mol. The number of nitrogens with zero attached hydrogens (tertiary/aromatic N) is 2. The van der Waals surface area contributed by atoms with Crippen LogP contribution in [0.1, 0.15) is 72.3 Å². The van der Waals surface area contributed by atoms with Gasteiger partial charge >= 0.3 is 0 Å². The number of benzene rings is 1. The third-order valence-corrected chi connectivity index (χ3v) is 8.44. The molecule has 8 nitrogen and oxygen atoms in total. The second kappa shape index (κ2) is 16.7. The van der Waals surface area contributed by atoms with E-state index in [0.717, 1.165) is 25.7 Å². The summed E-state index contributed by atoms with van der Waals surface area (Å²) in [5.74, 6) is -0.0147. The fraction of sp³-hybridized carbons (Fsp3) is 0.719. The molecule has 226 valence electrons. The molecule has 1 heterocycles. The van der Waals surface area contributed by atoms with Crippen LogP contribution in [0.2, 0.25) is 0 Å². The number of nitrogens with one attached hydrogen (secondary N) is 1. The Bertz CT molecular complexity index is 924. The zero-order valence-electron chi connectivity index (χ0n) is 26.0. The minimum atomic E-state index is -0.426. The summed E-state index contributed by atoms with van der Waals surface area (Å²) in [6, 6.07) is 9.66. The molecule has 1 aliphatic rings. The summed E-state index contributed by atoms with van der Waals surface area (Å²) in [7, 11) is 5.07. The molecule has 1 fully saturated rings. The third kappa shape index (κ3) is 9.30. The van der Waals surface area contributed by atoms with Crippen molar-refractivity contribution in [3.8, 4) is 0 Å². The predicted molar refractivity (Wildman–Crippen MR) is 159 cm³/mol. The molecule has 0 spiro atoms. The molecule has 0 bridgehead atoms. The van der Waals surface area contributed by atoms with Crippen molar-refractivity contribution in [2.45, 2.75) is 97.4 Å². The molecular weight excluding hydrogens is 506 g/mol. The summed E-state index contributed by atoms with van der Waals surface area (Å²) in [5.41, 5.74) is 1.17. The highest BCUT2D eigenvalue weighted by Gasteiger charge is 2.41. The first-order valence-electron chi connectivity index (χ1n) is 15.0. The molecule has 0 aromatic heterocycles. The number of methoxy groups -OCH3 is 2. The van der Waals surface area contributed by atoms with Crippen LogP contribution in [0.25, 0.3) is 0 Å². The van der Waals surface area contributed by atoms with Gasteiger partial charge < -0.3 is 24.6 Å². The molecule has 6 atom stereocenters. The van der Waals surface area contributed by atoms with Crippen molar-refractivity contribution in [3.05, 3.63) is 35.9 Å². The highest BCUT2D eigenvalue weighted by atomic mass is 16.5. The van der Waals surface area contributed by atoms with Crippen molar-refractivity contribution in [2.75, 3.05) is 34.4 Å². The Balaban J connectivity index is 2.09. The summed E-state index contributed by atoms with van der Waals surface area (Å²) >= 11 is 0. The molecule has 1 aromatic rings. The average Bonchev–Trinajstić information content (AvgIpc) is 3.42. The fourth-order valence-corrected chi connectivity index (χ4v) is 5.95. The van der Waals surface area contributed by atoms with Crippen LogP contribution in [-0.4, -0.2) is 86.2 Å². The Morgan fingerprint density at radius 1 is 1.05 bits per heavy atom. The van der Waals surface area contributed by atoms with Crippen LogP contribution in [0.15, 0.2) is 30.3 Å². The molecule has 0 unspecified atom stereocenters. The van der Waals surface area contributed by atoms with Crippen molar-refractivity contribution in [1.29, 1.82) is 0 Å². The van der Waals surface area contributed by atoms with Crippen molar-refractivity contribution in [3.63, 3.8) is 0 Å². The Morgan fingerprint density at radius 3 is 2.30 bits per heavy atom. The molecule has 3 amide bonds. The quantitative estimate of drug-likeness (QED) is 0.326. The van der Waals surface area contributed by atoms with Gasteiger partial charge in [0.1, 0.15) is 0 Å².